The predicted molar refractivity (Wildman–Crippen MR) is 115 cm³/mol. The van der Waals surface area contributed by atoms with Gasteiger partial charge in [-0.15, -0.1) is 0 Å². The molecule has 0 bridgehead atoms. The van der Waals surface area contributed by atoms with Crippen LogP contribution in [0.1, 0.15) is 22.3 Å². The zero-order chi connectivity index (χ0) is 19.5. The molecule has 4 nitrogen and oxygen atoms in total. The fraction of sp³-hybridized carbons (Fsp3) is 0.174. The van der Waals surface area contributed by atoms with Crippen molar-refractivity contribution in [1.29, 1.82) is 0 Å². The van der Waals surface area contributed by atoms with Crippen molar-refractivity contribution in [3.8, 4) is 0 Å². The maximum absolute atomic E-state index is 13.2. The molecule has 1 N–H and O–H groups in total. The van der Waals surface area contributed by atoms with Gasteiger partial charge in [-0.1, -0.05) is 42.0 Å². The molecule has 0 aliphatic carbocycles. The van der Waals surface area contributed by atoms with Gasteiger partial charge in [-0.05, 0) is 55.3 Å². The van der Waals surface area contributed by atoms with Crippen molar-refractivity contribution < 1.29 is 4.21 Å². The minimum absolute atomic E-state index is 0.694. The van der Waals surface area contributed by atoms with Crippen LogP contribution in [0.5, 0.6) is 0 Å². The maximum atomic E-state index is 13.2. The van der Waals surface area contributed by atoms with Gasteiger partial charge in [-0.25, -0.2) is 4.21 Å². The monoisotopic (exact) mass is 389 g/mol. The summed E-state index contributed by atoms with van der Waals surface area (Å²) in [6.45, 7) is 2.82. The largest absolute Gasteiger partial charge is 0.316 e. The first-order chi connectivity index (χ1) is 13.7. The van der Waals surface area contributed by atoms with Crippen LogP contribution in [0.2, 0.25) is 0 Å². The fourth-order valence-electron chi connectivity index (χ4n) is 3.40. The van der Waals surface area contributed by atoms with Gasteiger partial charge in [-0.3, -0.25) is 8.96 Å². The molecule has 0 fully saturated rings. The molecule has 0 spiro atoms. The summed E-state index contributed by atoms with van der Waals surface area (Å²) in [7, 11) is 0.588. The summed E-state index contributed by atoms with van der Waals surface area (Å²) in [5.41, 5.74) is 5.85. The quantitative estimate of drug-likeness (QED) is 0.537. The second-order valence-corrected chi connectivity index (χ2v) is 8.33. The van der Waals surface area contributed by atoms with Crippen molar-refractivity contribution in [3.05, 3.63) is 95.4 Å². The Balaban J connectivity index is 1.77. The lowest BCUT2D eigenvalue weighted by molar-refractivity contribution is 0.678. The van der Waals surface area contributed by atoms with Gasteiger partial charge >= 0.3 is 0 Å². The van der Waals surface area contributed by atoms with Gasteiger partial charge in [0.15, 0.2) is 11.0 Å². The minimum Gasteiger partial charge on any atom is -0.316 e. The summed E-state index contributed by atoms with van der Waals surface area (Å²) >= 11 is 0. The molecule has 5 heteroatoms. The van der Waals surface area contributed by atoms with E-state index in [0.717, 1.165) is 29.4 Å². The molecule has 4 aromatic rings. The number of benzene rings is 2. The summed E-state index contributed by atoms with van der Waals surface area (Å²) in [6, 6.07) is 18.7. The molecule has 142 valence electrons. The Hall–Kier alpha value is -2.76. The molecule has 2 heterocycles. The Morgan fingerprint density at radius 1 is 1.07 bits per heavy atom. The third-order valence-electron chi connectivity index (χ3n) is 4.83. The van der Waals surface area contributed by atoms with Gasteiger partial charge in [-0.2, -0.15) is 0 Å². The van der Waals surface area contributed by atoms with Gasteiger partial charge in [0, 0.05) is 30.5 Å². The Labute approximate surface area is 167 Å². The first kappa shape index (κ1) is 18.6. The number of fused-ring (bicyclic) bond motifs is 1. The third kappa shape index (κ3) is 3.77. The molecule has 0 radical (unpaired) electrons. The normalized spacial score (nSPS) is 12.4. The molecule has 1 unspecified atom stereocenters. The van der Waals surface area contributed by atoms with Crippen LogP contribution in [0.3, 0.4) is 0 Å². The highest BCUT2D eigenvalue weighted by atomic mass is 32.2. The Morgan fingerprint density at radius 3 is 2.57 bits per heavy atom. The molecule has 0 aliphatic rings. The van der Waals surface area contributed by atoms with Crippen LogP contribution < -0.4 is 5.32 Å². The zero-order valence-electron chi connectivity index (χ0n) is 16.1. The maximum Gasteiger partial charge on any atom is 0.158 e. The van der Waals surface area contributed by atoms with Crippen molar-refractivity contribution in [1.82, 2.24) is 14.3 Å². The second-order valence-electron chi connectivity index (χ2n) is 6.96. The van der Waals surface area contributed by atoms with Crippen molar-refractivity contribution in [2.45, 2.75) is 24.8 Å². The van der Waals surface area contributed by atoms with E-state index in [4.69, 9.17) is 0 Å². The van der Waals surface area contributed by atoms with E-state index in [9.17, 15) is 4.21 Å². The lowest BCUT2D eigenvalue weighted by Crippen LogP contribution is -2.06. The number of nitrogens with one attached hydrogen (secondary N) is 1. The molecule has 0 amide bonds. The van der Waals surface area contributed by atoms with Crippen LogP contribution in [0.4, 0.5) is 0 Å². The van der Waals surface area contributed by atoms with E-state index in [1.807, 2.05) is 29.3 Å². The number of nitrogens with zero attached hydrogens (tertiary/aromatic N) is 2. The number of aryl methyl sites for hydroxylation is 1. The Bertz CT molecular complexity index is 1120. The smallest absolute Gasteiger partial charge is 0.158 e. The molecule has 0 saturated heterocycles. The second kappa shape index (κ2) is 8.09. The van der Waals surface area contributed by atoms with Gasteiger partial charge in [0.05, 0.1) is 10.4 Å². The molecule has 2 aromatic carbocycles. The number of pyridine rings is 1. The number of hydrogen-bond donors (Lipinski definition) is 1. The number of hydrogen-bond acceptors (Lipinski definition) is 3. The lowest BCUT2D eigenvalue weighted by atomic mass is 10.0. The van der Waals surface area contributed by atoms with Gasteiger partial charge in [0.25, 0.3) is 0 Å². The van der Waals surface area contributed by atoms with Crippen molar-refractivity contribution in [3.63, 3.8) is 0 Å². The summed E-state index contributed by atoms with van der Waals surface area (Å²) in [6.07, 6.45) is 6.19. The highest BCUT2D eigenvalue weighted by Crippen LogP contribution is 2.26. The standard InChI is InChI=1S/C23H23N3OS/c1-17-5-7-18(8-6-17)12-19-9-10-22-20(14-24-2)16-26(23(22)13-19)28(27)21-4-3-11-25-15-21/h3-11,13,15-16,24H,12,14H2,1-2H3. The molecular formula is C23H23N3OS. The molecule has 28 heavy (non-hydrogen) atoms. The average molecular weight is 390 g/mol. The van der Waals surface area contributed by atoms with E-state index in [1.165, 1.54) is 16.7 Å². The van der Waals surface area contributed by atoms with Gasteiger partial charge in [0.1, 0.15) is 0 Å². The third-order valence-corrected chi connectivity index (χ3v) is 6.13. The van der Waals surface area contributed by atoms with Crippen LogP contribution >= 0.6 is 0 Å². The number of rotatable bonds is 6. The van der Waals surface area contributed by atoms with Crippen LogP contribution in [0.15, 0.2) is 78.1 Å². The first-order valence-electron chi connectivity index (χ1n) is 9.31. The van der Waals surface area contributed by atoms with E-state index >= 15 is 0 Å². The first-order valence-corrected chi connectivity index (χ1v) is 10.4. The summed E-state index contributed by atoms with van der Waals surface area (Å²) < 4.78 is 15.1. The molecule has 1 atom stereocenters. The van der Waals surface area contributed by atoms with E-state index < -0.39 is 11.0 Å². The van der Waals surface area contributed by atoms with Crippen LogP contribution in [0, 0.1) is 6.92 Å². The average Bonchev–Trinajstić information content (AvgIpc) is 3.08. The van der Waals surface area contributed by atoms with Crippen molar-refractivity contribution >= 4 is 21.9 Å². The van der Waals surface area contributed by atoms with E-state index in [2.05, 4.69) is 59.7 Å². The summed E-state index contributed by atoms with van der Waals surface area (Å²) in [5, 5.41) is 4.33. The van der Waals surface area contributed by atoms with Crippen LogP contribution in [-0.2, 0) is 24.0 Å². The van der Waals surface area contributed by atoms with Gasteiger partial charge < -0.3 is 5.32 Å². The van der Waals surface area contributed by atoms with Crippen LogP contribution in [0.25, 0.3) is 10.9 Å². The van der Waals surface area contributed by atoms with E-state index in [1.54, 1.807) is 12.4 Å². The van der Waals surface area contributed by atoms with E-state index in [-0.39, 0.29) is 0 Å². The van der Waals surface area contributed by atoms with E-state index in [0.29, 0.717) is 4.90 Å². The molecule has 0 saturated carbocycles. The number of aromatic nitrogens is 2. The minimum atomic E-state index is -1.34. The highest BCUT2D eigenvalue weighted by Gasteiger charge is 2.15. The van der Waals surface area contributed by atoms with Crippen LogP contribution in [-0.4, -0.2) is 20.2 Å². The summed E-state index contributed by atoms with van der Waals surface area (Å²) in [5.74, 6) is 0. The lowest BCUT2D eigenvalue weighted by Gasteiger charge is -2.07. The highest BCUT2D eigenvalue weighted by molar-refractivity contribution is 7.83. The predicted octanol–water partition coefficient (Wildman–Crippen LogP) is 4.23. The molecule has 0 aliphatic heterocycles. The molecule has 4 rings (SSSR count). The molecular weight excluding hydrogens is 366 g/mol. The van der Waals surface area contributed by atoms with Gasteiger partial charge in [0.2, 0.25) is 0 Å². The topological polar surface area (TPSA) is 46.9 Å². The fourth-order valence-corrected chi connectivity index (χ4v) is 4.52. The zero-order valence-corrected chi connectivity index (χ0v) is 16.9. The van der Waals surface area contributed by atoms with Crippen molar-refractivity contribution in [2.75, 3.05) is 7.05 Å². The Kier molecular flexibility index (Phi) is 5.37. The summed E-state index contributed by atoms with van der Waals surface area (Å²) in [4.78, 5) is 4.81. The SMILES string of the molecule is CNCc1cn(S(=O)c2cccnc2)c2cc(Cc3ccc(C)cc3)ccc12. The molecule has 2 aromatic heterocycles. The van der Waals surface area contributed by atoms with Crippen molar-refractivity contribution in [2.24, 2.45) is 0 Å². The Morgan fingerprint density at radius 2 is 1.86 bits per heavy atom.